The van der Waals surface area contributed by atoms with Crippen LogP contribution in [0, 0.1) is 0 Å². The fourth-order valence-corrected chi connectivity index (χ4v) is 2.68. The first-order chi connectivity index (χ1) is 8.92. The zero-order chi connectivity index (χ0) is 12.2. The monoisotopic (exact) mass is 262 g/mol. The Hall–Kier alpha value is -1.37. The third-order valence-corrected chi connectivity index (χ3v) is 3.69. The Kier molecular flexibility index (Phi) is 3.59. The highest BCUT2D eigenvalue weighted by Crippen LogP contribution is 2.21. The second-order valence-electron chi connectivity index (χ2n) is 4.19. The SMILES string of the molecule is c1cnc(C2CN(Cc3cncs3)CCO2)cn1. The smallest absolute Gasteiger partial charge is 0.114 e. The lowest BCUT2D eigenvalue weighted by molar-refractivity contribution is -0.0348. The van der Waals surface area contributed by atoms with Crippen molar-refractivity contribution in [1.29, 1.82) is 0 Å². The Morgan fingerprint density at radius 1 is 1.33 bits per heavy atom. The topological polar surface area (TPSA) is 51.1 Å². The Labute approximate surface area is 109 Å². The van der Waals surface area contributed by atoms with E-state index in [1.807, 2.05) is 11.7 Å². The van der Waals surface area contributed by atoms with Gasteiger partial charge in [0, 0.05) is 43.1 Å². The summed E-state index contributed by atoms with van der Waals surface area (Å²) in [7, 11) is 0. The molecule has 2 aromatic rings. The van der Waals surface area contributed by atoms with Crippen molar-refractivity contribution in [2.45, 2.75) is 12.6 Å². The average Bonchev–Trinajstić information content (AvgIpc) is 2.93. The number of nitrogens with zero attached hydrogens (tertiary/aromatic N) is 4. The molecule has 0 N–H and O–H groups in total. The van der Waals surface area contributed by atoms with Crippen molar-refractivity contribution in [3.63, 3.8) is 0 Å². The van der Waals surface area contributed by atoms with Gasteiger partial charge in [0.15, 0.2) is 0 Å². The van der Waals surface area contributed by atoms with E-state index >= 15 is 0 Å². The Morgan fingerprint density at radius 2 is 2.33 bits per heavy atom. The maximum absolute atomic E-state index is 5.76. The van der Waals surface area contributed by atoms with Gasteiger partial charge < -0.3 is 4.74 Å². The summed E-state index contributed by atoms with van der Waals surface area (Å²) in [5.41, 5.74) is 2.78. The van der Waals surface area contributed by atoms with Crippen molar-refractivity contribution in [2.75, 3.05) is 19.7 Å². The standard InChI is InChI=1S/C12H14N4OS/c1-2-15-11(6-13-1)12-8-16(3-4-17-12)7-10-5-14-9-18-10/h1-2,5-6,9,12H,3-4,7-8H2. The molecule has 3 heterocycles. The first-order valence-electron chi connectivity index (χ1n) is 5.89. The molecule has 0 bridgehead atoms. The van der Waals surface area contributed by atoms with Crippen LogP contribution < -0.4 is 0 Å². The molecule has 1 fully saturated rings. The van der Waals surface area contributed by atoms with Crippen LogP contribution in [0.2, 0.25) is 0 Å². The van der Waals surface area contributed by atoms with E-state index in [9.17, 15) is 0 Å². The largest absolute Gasteiger partial charge is 0.369 e. The second kappa shape index (κ2) is 5.51. The zero-order valence-corrected chi connectivity index (χ0v) is 10.7. The van der Waals surface area contributed by atoms with Crippen LogP contribution in [0.3, 0.4) is 0 Å². The molecule has 1 saturated heterocycles. The average molecular weight is 262 g/mol. The van der Waals surface area contributed by atoms with Crippen molar-refractivity contribution < 1.29 is 4.74 Å². The van der Waals surface area contributed by atoms with Gasteiger partial charge in [-0.2, -0.15) is 0 Å². The van der Waals surface area contributed by atoms with E-state index in [1.54, 1.807) is 29.9 Å². The van der Waals surface area contributed by atoms with Gasteiger partial charge >= 0.3 is 0 Å². The van der Waals surface area contributed by atoms with E-state index in [4.69, 9.17) is 4.74 Å². The number of ether oxygens (including phenoxy) is 1. The van der Waals surface area contributed by atoms with Gasteiger partial charge in [0.1, 0.15) is 6.10 Å². The summed E-state index contributed by atoms with van der Waals surface area (Å²) in [6.45, 7) is 3.48. The highest BCUT2D eigenvalue weighted by Gasteiger charge is 2.23. The van der Waals surface area contributed by atoms with Gasteiger partial charge in [0.2, 0.25) is 0 Å². The van der Waals surface area contributed by atoms with Crippen molar-refractivity contribution in [2.24, 2.45) is 0 Å². The highest BCUT2D eigenvalue weighted by atomic mass is 32.1. The van der Waals surface area contributed by atoms with Crippen molar-refractivity contribution >= 4 is 11.3 Å². The third kappa shape index (κ3) is 2.72. The number of aromatic nitrogens is 3. The van der Waals surface area contributed by atoms with Crippen LogP contribution in [0.5, 0.6) is 0 Å². The van der Waals surface area contributed by atoms with Crippen molar-refractivity contribution in [3.8, 4) is 0 Å². The minimum atomic E-state index is 0.0281. The lowest BCUT2D eigenvalue weighted by atomic mass is 10.2. The molecule has 0 amide bonds. The number of hydrogen-bond donors (Lipinski definition) is 0. The first-order valence-corrected chi connectivity index (χ1v) is 6.77. The lowest BCUT2D eigenvalue weighted by Crippen LogP contribution is -2.37. The van der Waals surface area contributed by atoms with Crippen molar-refractivity contribution in [3.05, 3.63) is 40.9 Å². The minimum Gasteiger partial charge on any atom is -0.369 e. The molecule has 1 unspecified atom stereocenters. The maximum Gasteiger partial charge on any atom is 0.114 e. The summed E-state index contributed by atoms with van der Waals surface area (Å²) in [5, 5.41) is 0. The van der Waals surface area contributed by atoms with Gasteiger partial charge in [-0.25, -0.2) is 0 Å². The van der Waals surface area contributed by atoms with E-state index in [2.05, 4.69) is 19.9 Å². The number of hydrogen-bond acceptors (Lipinski definition) is 6. The van der Waals surface area contributed by atoms with Crippen LogP contribution in [-0.4, -0.2) is 39.5 Å². The van der Waals surface area contributed by atoms with Gasteiger partial charge in [0.25, 0.3) is 0 Å². The van der Waals surface area contributed by atoms with E-state index in [0.717, 1.165) is 31.9 Å². The third-order valence-electron chi connectivity index (χ3n) is 2.93. The summed E-state index contributed by atoms with van der Waals surface area (Å²) in [6, 6.07) is 0. The summed E-state index contributed by atoms with van der Waals surface area (Å²) >= 11 is 1.69. The van der Waals surface area contributed by atoms with Crippen LogP contribution in [0.4, 0.5) is 0 Å². The molecule has 0 aromatic carbocycles. The minimum absolute atomic E-state index is 0.0281. The molecule has 94 valence electrons. The van der Waals surface area contributed by atoms with Crippen LogP contribution in [0.15, 0.2) is 30.3 Å². The molecule has 5 nitrogen and oxygen atoms in total. The highest BCUT2D eigenvalue weighted by molar-refractivity contribution is 7.09. The Balaban J connectivity index is 1.65. The van der Waals surface area contributed by atoms with E-state index in [1.165, 1.54) is 4.88 Å². The summed E-state index contributed by atoms with van der Waals surface area (Å²) < 4.78 is 5.76. The Bertz CT molecular complexity index is 476. The summed E-state index contributed by atoms with van der Waals surface area (Å²) in [6.07, 6.45) is 7.13. The number of morpholine rings is 1. The fourth-order valence-electron chi connectivity index (χ4n) is 2.04. The molecule has 0 saturated carbocycles. The van der Waals surface area contributed by atoms with Crippen LogP contribution >= 0.6 is 11.3 Å². The molecule has 2 aromatic heterocycles. The maximum atomic E-state index is 5.76. The van der Waals surface area contributed by atoms with Gasteiger partial charge in [-0.05, 0) is 0 Å². The van der Waals surface area contributed by atoms with Gasteiger partial charge in [0.05, 0.1) is 24.0 Å². The number of thiazole rings is 1. The summed E-state index contributed by atoms with van der Waals surface area (Å²) in [5.74, 6) is 0. The second-order valence-corrected chi connectivity index (χ2v) is 5.16. The first kappa shape index (κ1) is 11.7. The molecule has 1 aliphatic heterocycles. The lowest BCUT2D eigenvalue weighted by Gasteiger charge is -2.31. The molecule has 18 heavy (non-hydrogen) atoms. The molecule has 0 aliphatic carbocycles. The van der Waals surface area contributed by atoms with E-state index in [-0.39, 0.29) is 6.10 Å². The van der Waals surface area contributed by atoms with E-state index in [0.29, 0.717) is 0 Å². The predicted molar refractivity (Wildman–Crippen MR) is 68.1 cm³/mol. The molecular formula is C12H14N4OS. The zero-order valence-electron chi connectivity index (χ0n) is 9.90. The molecule has 0 spiro atoms. The predicted octanol–water partition coefficient (Wildman–Crippen LogP) is 1.51. The molecule has 6 heteroatoms. The fraction of sp³-hybridized carbons (Fsp3) is 0.417. The molecule has 1 aliphatic rings. The van der Waals surface area contributed by atoms with Crippen LogP contribution in [-0.2, 0) is 11.3 Å². The molecule has 1 atom stereocenters. The van der Waals surface area contributed by atoms with Crippen LogP contribution in [0.25, 0.3) is 0 Å². The van der Waals surface area contributed by atoms with Gasteiger partial charge in [-0.1, -0.05) is 0 Å². The molecule has 0 radical (unpaired) electrons. The number of rotatable bonds is 3. The normalized spacial score (nSPS) is 21.0. The van der Waals surface area contributed by atoms with Gasteiger partial charge in [-0.15, -0.1) is 11.3 Å². The quantitative estimate of drug-likeness (QED) is 0.839. The van der Waals surface area contributed by atoms with Gasteiger partial charge in [-0.3, -0.25) is 19.9 Å². The molecular weight excluding hydrogens is 248 g/mol. The van der Waals surface area contributed by atoms with Crippen molar-refractivity contribution in [1.82, 2.24) is 19.9 Å². The van der Waals surface area contributed by atoms with E-state index < -0.39 is 0 Å². The summed E-state index contributed by atoms with van der Waals surface area (Å²) in [4.78, 5) is 16.2. The Morgan fingerprint density at radius 3 is 3.11 bits per heavy atom. The van der Waals surface area contributed by atoms with Crippen LogP contribution in [0.1, 0.15) is 16.7 Å². The molecule has 3 rings (SSSR count).